The Hall–Kier alpha value is -1.32. The molecule has 1 unspecified atom stereocenters. The largest absolute Gasteiger partial charge is 0.379 e. The third-order valence-electron chi connectivity index (χ3n) is 6.27. The number of rotatable bonds is 21. The molecule has 208 valence electrons. The smallest absolute Gasteiger partial charge is 0.356 e. The molecule has 1 aromatic rings. The van der Waals surface area contributed by atoms with Crippen LogP contribution in [-0.4, -0.2) is 53.4 Å². The van der Waals surface area contributed by atoms with Crippen molar-refractivity contribution in [2.24, 2.45) is 0 Å². The normalized spacial score (nSPS) is 20.1. The topological polar surface area (TPSA) is 128 Å². The van der Waals surface area contributed by atoms with Crippen LogP contribution >= 0.6 is 7.60 Å². The van der Waals surface area contributed by atoms with E-state index >= 15 is 0 Å². The van der Waals surface area contributed by atoms with Crippen molar-refractivity contribution in [1.29, 1.82) is 0 Å². The monoisotopic (exact) mass is 530 g/mol. The fourth-order valence-electron chi connectivity index (χ4n) is 4.11. The standard InChI is InChI=1S/C25H47N4O6P/c1-2-3-4-5-6-7-8-9-10-11-12-13-14-15-16-32-17-18-34-36(31)22-33-23(20-35-36)19-29-21-27-24(26)28-25(29)30/h21,23H,2-20,22H2,1H3,(H2,26,28,30)/t23-,36?/m0/s1. The lowest BCUT2D eigenvalue weighted by Gasteiger charge is -2.29. The van der Waals surface area contributed by atoms with Crippen LogP contribution in [0.1, 0.15) is 96.8 Å². The Bertz CT molecular complexity index is 797. The van der Waals surface area contributed by atoms with E-state index in [4.69, 9.17) is 24.3 Å². The van der Waals surface area contributed by atoms with Crippen molar-refractivity contribution in [1.82, 2.24) is 14.5 Å². The van der Waals surface area contributed by atoms with Gasteiger partial charge in [-0.1, -0.05) is 90.4 Å². The molecular weight excluding hydrogens is 483 g/mol. The van der Waals surface area contributed by atoms with Gasteiger partial charge >= 0.3 is 13.3 Å². The number of nitrogens with two attached hydrogens (primary N) is 1. The molecule has 1 aliphatic heterocycles. The molecule has 1 aliphatic rings. The van der Waals surface area contributed by atoms with E-state index in [0.29, 0.717) is 13.2 Å². The molecule has 36 heavy (non-hydrogen) atoms. The van der Waals surface area contributed by atoms with Crippen LogP contribution in [-0.2, 0) is 29.6 Å². The Morgan fingerprint density at radius 1 is 0.972 bits per heavy atom. The first-order valence-electron chi connectivity index (χ1n) is 13.8. The summed E-state index contributed by atoms with van der Waals surface area (Å²) in [5.41, 5.74) is 4.86. The quantitative estimate of drug-likeness (QED) is 0.166. The maximum Gasteiger partial charge on any atom is 0.356 e. The molecule has 0 amide bonds. The third-order valence-corrected chi connectivity index (χ3v) is 7.85. The van der Waals surface area contributed by atoms with Crippen molar-refractivity contribution >= 4 is 13.5 Å². The van der Waals surface area contributed by atoms with Gasteiger partial charge in [-0.15, -0.1) is 0 Å². The molecule has 0 bridgehead atoms. The molecule has 0 saturated carbocycles. The molecule has 11 heteroatoms. The second-order valence-electron chi connectivity index (χ2n) is 9.52. The number of nitrogen functional groups attached to an aromatic ring is 1. The zero-order valence-electron chi connectivity index (χ0n) is 22.1. The summed E-state index contributed by atoms with van der Waals surface area (Å²) in [4.78, 5) is 19.1. The van der Waals surface area contributed by atoms with Gasteiger partial charge in [0.15, 0.2) is 0 Å². The van der Waals surface area contributed by atoms with Crippen molar-refractivity contribution in [2.75, 3.05) is 38.5 Å². The highest BCUT2D eigenvalue weighted by Crippen LogP contribution is 2.50. The summed E-state index contributed by atoms with van der Waals surface area (Å²) in [5.74, 6) is -0.0819. The Morgan fingerprint density at radius 2 is 1.58 bits per heavy atom. The average Bonchev–Trinajstić information content (AvgIpc) is 2.86. The van der Waals surface area contributed by atoms with Gasteiger partial charge in [-0.3, -0.25) is 9.13 Å². The first-order chi connectivity index (χ1) is 17.5. The molecule has 2 atom stereocenters. The molecule has 1 aromatic heterocycles. The van der Waals surface area contributed by atoms with Crippen LogP contribution in [0.5, 0.6) is 0 Å². The van der Waals surface area contributed by atoms with Gasteiger partial charge in [0.1, 0.15) is 18.8 Å². The molecule has 10 nitrogen and oxygen atoms in total. The number of ether oxygens (including phenoxy) is 2. The van der Waals surface area contributed by atoms with Gasteiger partial charge < -0.3 is 24.3 Å². The lowest BCUT2D eigenvalue weighted by atomic mass is 10.0. The molecular formula is C25H47N4O6P. The Balaban J connectivity index is 1.37. The number of hydrogen-bond donors (Lipinski definition) is 1. The van der Waals surface area contributed by atoms with E-state index in [1.54, 1.807) is 0 Å². The first kappa shape index (κ1) is 30.9. The second kappa shape index (κ2) is 18.9. The lowest BCUT2D eigenvalue weighted by molar-refractivity contribution is -0.0181. The van der Waals surface area contributed by atoms with E-state index in [0.717, 1.165) is 6.42 Å². The maximum absolute atomic E-state index is 12.6. The summed E-state index contributed by atoms with van der Waals surface area (Å²) < 4.78 is 35.8. The van der Waals surface area contributed by atoms with Gasteiger partial charge in [0.25, 0.3) is 0 Å². The minimum atomic E-state index is -3.31. The molecule has 0 aliphatic carbocycles. The van der Waals surface area contributed by atoms with E-state index in [1.807, 2.05) is 0 Å². The van der Waals surface area contributed by atoms with E-state index in [-0.39, 0.29) is 32.1 Å². The lowest BCUT2D eigenvalue weighted by Crippen LogP contribution is -2.35. The van der Waals surface area contributed by atoms with Crippen molar-refractivity contribution in [3.05, 3.63) is 16.8 Å². The number of aromatic nitrogens is 3. The summed E-state index contributed by atoms with van der Waals surface area (Å²) in [6.07, 6.45) is 19.3. The molecule has 2 N–H and O–H groups in total. The van der Waals surface area contributed by atoms with Crippen LogP contribution < -0.4 is 11.4 Å². The molecule has 1 saturated heterocycles. The molecule has 0 aromatic carbocycles. The van der Waals surface area contributed by atoms with Crippen LogP contribution in [0, 0.1) is 0 Å². The van der Waals surface area contributed by atoms with E-state index in [9.17, 15) is 9.36 Å². The summed E-state index contributed by atoms with van der Waals surface area (Å²) in [6.45, 7) is 3.74. The highest BCUT2D eigenvalue weighted by molar-refractivity contribution is 7.53. The fraction of sp³-hybridized carbons (Fsp3) is 0.880. The zero-order chi connectivity index (χ0) is 25.9. The number of unbranched alkanes of at least 4 members (excludes halogenated alkanes) is 13. The Labute approximate surface area is 216 Å². The second-order valence-corrected chi connectivity index (χ2v) is 11.5. The molecule has 0 spiro atoms. The van der Waals surface area contributed by atoms with Crippen molar-refractivity contribution < 1.29 is 23.1 Å². The van der Waals surface area contributed by atoms with Crippen molar-refractivity contribution in [2.45, 2.75) is 109 Å². The van der Waals surface area contributed by atoms with Crippen LogP contribution in [0.3, 0.4) is 0 Å². The predicted molar refractivity (Wildman–Crippen MR) is 141 cm³/mol. The van der Waals surface area contributed by atoms with Gasteiger partial charge in [-0.2, -0.15) is 4.98 Å². The fourth-order valence-corrected chi connectivity index (χ4v) is 5.47. The number of hydrogen-bond acceptors (Lipinski definition) is 9. The molecule has 2 rings (SSSR count). The van der Waals surface area contributed by atoms with Gasteiger partial charge in [-0.05, 0) is 6.42 Å². The summed E-state index contributed by atoms with van der Waals surface area (Å²) >= 11 is 0. The third kappa shape index (κ3) is 13.8. The molecule has 0 radical (unpaired) electrons. The van der Waals surface area contributed by atoms with Crippen LogP contribution in [0.4, 0.5) is 5.95 Å². The van der Waals surface area contributed by atoms with Crippen LogP contribution in [0.15, 0.2) is 11.1 Å². The van der Waals surface area contributed by atoms with E-state index < -0.39 is 19.4 Å². The Kier molecular flexibility index (Phi) is 16.2. The SMILES string of the molecule is CCCCCCCCCCCCCCCCOCCOP1(=O)CO[C@@H](Cn2cnc(N)nc2=O)CO1. The summed E-state index contributed by atoms with van der Waals surface area (Å²) in [6, 6.07) is 0. The molecule has 1 fully saturated rings. The van der Waals surface area contributed by atoms with E-state index in [1.165, 1.54) is 94.4 Å². The average molecular weight is 531 g/mol. The van der Waals surface area contributed by atoms with Gasteiger partial charge in [0.2, 0.25) is 5.95 Å². The van der Waals surface area contributed by atoms with Crippen molar-refractivity contribution in [3.63, 3.8) is 0 Å². The number of nitrogens with zero attached hydrogens (tertiary/aromatic N) is 3. The minimum Gasteiger partial charge on any atom is -0.379 e. The number of anilines is 1. The summed E-state index contributed by atoms with van der Waals surface area (Å²) in [7, 11) is -3.31. The predicted octanol–water partition coefficient (Wildman–Crippen LogP) is 5.30. The van der Waals surface area contributed by atoms with Crippen LogP contribution in [0.2, 0.25) is 0 Å². The zero-order valence-corrected chi connectivity index (χ0v) is 23.0. The van der Waals surface area contributed by atoms with Crippen molar-refractivity contribution in [3.8, 4) is 0 Å². The first-order valence-corrected chi connectivity index (χ1v) is 15.5. The highest BCUT2D eigenvalue weighted by Gasteiger charge is 2.33. The van der Waals surface area contributed by atoms with Crippen LogP contribution in [0.25, 0.3) is 0 Å². The minimum absolute atomic E-state index is 0.0496. The van der Waals surface area contributed by atoms with Gasteiger partial charge in [-0.25, -0.2) is 9.78 Å². The Morgan fingerprint density at radius 3 is 2.14 bits per heavy atom. The summed E-state index contributed by atoms with van der Waals surface area (Å²) in [5, 5.41) is 0. The molecule has 2 heterocycles. The van der Waals surface area contributed by atoms with E-state index in [2.05, 4.69) is 16.9 Å². The maximum atomic E-state index is 12.6. The highest BCUT2D eigenvalue weighted by atomic mass is 31.2. The van der Waals surface area contributed by atoms with Gasteiger partial charge in [0, 0.05) is 6.61 Å². The van der Waals surface area contributed by atoms with Gasteiger partial charge in [0.05, 0.1) is 26.4 Å².